The van der Waals surface area contributed by atoms with E-state index in [2.05, 4.69) is 10.5 Å². The lowest BCUT2D eigenvalue weighted by Crippen LogP contribution is -2.15. The molecule has 6 nitrogen and oxygen atoms in total. The number of nitrogens with zero attached hydrogens (tertiary/aromatic N) is 1. The molecule has 1 amide bonds. The van der Waals surface area contributed by atoms with E-state index in [1.807, 2.05) is 0 Å². The average Bonchev–Trinajstić information content (AvgIpc) is 2.78. The molecule has 22 heavy (non-hydrogen) atoms. The Hall–Kier alpha value is -2.63. The van der Waals surface area contributed by atoms with E-state index in [1.165, 1.54) is 0 Å². The first kappa shape index (κ1) is 15.8. The number of hydrogen-bond donors (Lipinski definition) is 2. The molecule has 1 unspecified atom stereocenters. The fourth-order valence-corrected chi connectivity index (χ4v) is 2.15. The van der Waals surface area contributed by atoms with Gasteiger partial charge < -0.3 is 14.9 Å². The summed E-state index contributed by atoms with van der Waals surface area (Å²) in [5.74, 6) is -1.10. The molecule has 1 aromatic carbocycles. The van der Waals surface area contributed by atoms with Crippen LogP contribution in [0.3, 0.4) is 0 Å². The Morgan fingerprint density at radius 2 is 2.09 bits per heavy atom. The molecule has 0 fully saturated rings. The summed E-state index contributed by atoms with van der Waals surface area (Å²) in [6.07, 6.45) is 0.167. The number of nitrogens with one attached hydrogen (secondary N) is 1. The van der Waals surface area contributed by atoms with E-state index in [1.54, 1.807) is 45.0 Å². The standard InChI is InChI=1S/C16H18N2O4/c1-9(16(20)21)12-5-4-6-13(7-12)17-15(19)8-14-10(2)18-22-11(14)3/h4-7,9H,8H2,1-3H3,(H,17,19)(H,20,21). The van der Waals surface area contributed by atoms with Gasteiger partial charge in [-0.3, -0.25) is 9.59 Å². The maximum Gasteiger partial charge on any atom is 0.310 e. The van der Waals surface area contributed by atoms with Gasteiger partial charge in [-0.25, -0.2) is 0 Å². The van der Waals surface area contributed by atoms with Gasteiger partial charge in [0.2, 0.25) is 5.91 Å². The molecule has 0 saturated carbocycles. The number of carboxylic acids is 1. The van der Waals surface area contributed by atoms with Crippen molar-refractivity contribution in [3.8, 4) is 0 Å². The molecule has 0 aliphatic carbocycles. The molecular formula is C16H18N2O4. The first-order valence-corrected chi connectivity index (χ1v) is 6.93. The highest BCUT2D eigenvalue weighted by Gasteiger charge is 2.16. The molecule has 0 saturated heterocycles. The molecule has 0 aliphatic heterocycles. The number of aryl methyl sites for hydroxylation is 2. The van der Waals surface area contributed by atoms with Gasteiger partial charge in [0.1, 0.15) is 5.76 Å². The number of carbonyl (C=O) groups is 2. The van der Waals surface area contributed by atoms with E-state index in [-0.39, 0.29) is 12.3 Å². The summed E-state index contributed by atoms with van der Waals surface area (Å²) in [5, 5.41) is 15.6. The highest BCUT2D eigenvalue weighted by molar-refractivity contribution is 5.92. The predicted octanol–water partition coefficient (Wildman–Crippen LogP) is 2.66. The molecule has 1 aromatic heterocycles. The summed E-state index contributed by atoms with van der Waals surface area (Å²) in [5.41, 5.74) is 2.68. The summed E-state index contributed by atoms with van der Waals surface area (Å²) in [6.45, 7) is 5.15. The number of carbonyl (C=O) groups excluding carboxylic acids is 1. The lowest BCUT2D eigenvalue weighted by atomic mass is 10.0. The summed E-state index contributed by atoms with van der Waals surface area (Å²) in [6, 6.07) is 6.84. The largest absolute Gasteiger partial charge is 0.481 e. The molecular weight excluding hydrogens is 284 g/mol. The molecule has 0 spiro atoms. The van der Waals surface area contributed by atoms with Crippen LogP contribution in [-0.2, 0) is 16.0 Å². The smallest absolute Gasteiger partial charge is 0.310 e. The van der Waals surface area contributed by atoms with Gasteiger partial charge in [-0.2, -0.15) is 0 Å². The van der Waals surface area contributed by atoms with Crippen LogP contribution in [0.2, 0.25) is 0 Å². The summed E-state index contributed by atoms with van der Waals surface area (Å²) in [4.78, 5) is 23.1. The van der Waals surface area contributed by atoms with Gasteiger partial charge in [-0.05, 0) is 38.5 Å². The zero-order valence-electron chi connectivity index (χ0n) is 12.7. The molecule has 0 radical (unpaired) electrons. The van der Waals surface area contributed by atoms with E-state index in [4.69, 9.17) is 9.63 Å². The van der Waals surface area contributed by atoms with Crippen LogP contribution in [0.15, 0.2) is 28.8 Å². The number of carboxylic acid groups (broad SMARTS) is 1. The van der Waals surface area contributed by atoms with Gasteiger partial charge in [0.05, 0.1) is 18.0 Å². The van der Waals surface area contributed by atoms with Crippen LogP contribution >= 0.6 is 0 Å². The number of aliphatic carboxylic acids is 1. The Balaban J connectivity index is 2.09. The Labute approximate surface area is 128 Å². The topological polar surface area (TPSA) is 92.4 Å². The quantitative estimate of drug-likeness (QED) is 0.885. The van der Waals surface area contributed by atoms with Crippen molar-refractivity contribution in [3.63, 3.8) is 0 Å². The number of rotatable bonds is 5. The Bertz CT molecular complexity index is 686. The highest BCUT2D eigenvalue weighted by atomic mass is 16.5. The Morgan fingerprint density at radius 3 is 2.68 bits per heavy atom. The highest BCUT2D eigenvalue weighted by Crippen LogP contribution is 2.20. The van der Waals surface area contributed by atoms with Crippen molar-refractivity contribution in [3.05, 3.63) is 46.8 Å². The molecule has 116 valence electrons. The number of benzene rings is 1. The number of anilines is 1. The SMILES string of the molecule is Cc1noc(C)c1CC(=O)Nc1cccc(C(C)C(=O)O)c1. The monoisotopic (exact) mass is 302 g/mol. The van der Waals surface area contributed by atoms with Crippen molar-refractivity contribution < 1.29 is 19.2 Å². The fraction of sp³-hybridized carbons (Fsp3) is 0.312. The second-order valence-corrected chi connectivity index (χ2v) is 5.21. The van der Waals surface area contributed by atoms with Crippen LogP contribution in [0.1, 0.15) is 35.4 Å². The summed E-state index contributed by atoms with van der Waals surface area (Å²) in [7, 11) is 0. The van der Waals surface area contributed by atoms with E-state index < -0.39 is 11.9 Å². The van der Waals surface area contributed by atoms with Crippen molar-refractivity contribution in [2.75, 3.05) is 5.32 Å². The van der Waals surface area contributed by atoms with Crippen molar-refractivity contribution in [1.29, 1.82) is 0 Å². The minimum atomic E-state index is -0.904. The average molecular weight is 302 g/mol. The summed E-state index contributed by atoms with van der Waals surface area (Å²) < 4.78 is 5.03. The maximum atomic E-state index is 12.1. The minimum absolute atomic E-state index is 0.167. The Kier molecular flexibility index (Phi) is 4.60. The van der Waals surface area contributed by atoms with Crippen LogP contribution in [0.25, 0.3) is 0 Å². The number of amides is 1. The molecule has 0 bridgehead atoms. The van der Waals surface area contributed by atoms with E-state index in [0.29, 0.717) is 22.7 Å². The predicted molar refractivity (Wildman–Crippen MR) is 80.8 cm³/mol. The molecule has 1 heterocycles. The van der Waals surface area contributed by atoms with E-state index in [9.17, 15) is 9.59 Å². The fourth-order valence-electron chi connectivity index (χ4n) is 2.15. The van der Waals surface area contributed by atoms with Crippen molar-refractivity contribution in [1.82, 2.24) is 5.16 Å². The molecule has 2 rings (SSSR count). The summed E-state index contributed by atoms with van der Waals surface area (Å²) >= 11 is 0. The van der Waals surface area contributed by atoms with Gasteiger partial charge in [-0.15, -0.1) is 0 Å². The molecule has 2 aromatic rings. The van der Waals surface area contributed by atoms with Crippen molar-refractivity contribution in [2.45, 2.75) is 33.1 Å². The second-order valence-electron chi connectivity index (χ2n) is 5.21. The normalized spacial score (nSPS) is 12.0. The van der Waals surface area contributed by atoms with Crippen LogP contribution in [0, 0.1) is 13.8 Å². The van der Waals surface area contributed by atoms with Crippen LogP contribution < -0.4 is 5.32 Å². The molecule has 1 atom stereocenters. The van der Waals surface area contributed by atoms with Gasteiger partial charge in [-0.1, -0.05) is 17.3 Å². The number of hydrogen-bond acceptors (Lipinski definition) is 4. The van der Waals surface area contributed by atoms with Crippen LogP contribution in [0.4, 0.5) is 5.69 Å². The van der Waals surface area contributed by atoms with Crippen LogP contribution in [-0.4, -0.2) is 22.1 Å². The molecule has 2 N–H and O–H groups in total. The minimum Gasteiger partial charge on any atom is -0.481 e. The second kappa shape index (κ2) is 6.43. The van der Waals surface area contributed by atoms with E-state index >= 15 is 0 Å². The first-order chi connectivity index (χ1) is 10.4. The number of aromatic nitrogens is 1. The first-order valence-electron chi connectivity index (χ1n) is 6.93. The van der Waals surface area contributed by atoms with Gasteiger partial charge >= 0.3 is 5.97 Å². The third-order valence-electron chi connectivity index (χ3n) is 3.56. The van der Waals surface area contributed by atoms with Crippen molar-refractivity contribution in [2.24, 2.45) is 0 Å². The lowest BCUT2D eigenvalue weighted by Gasteiger charge is -2.10. The van der Waals surface area contributed by atoms with Gasteiger partial charge in [0, 0.05) is 11.3 Å². The lowest BCUT2D eigenvalue weighted by molar-refractivity contribution is -0.138. The molecule has 6 heteroatoms. The zero-order valence-corrected chi connectivity index (χ0v) is 12.7. The third kappa shape index (κ3) is 3.52. The van der Waals surface area contributed by atoms with Crippen LogP contribution in [0.5, 0.6) is 0 Å². The molecule has 0 aliphatic rings. The van der Waals surface area contributed by atoms with Crippen molar-refractivity contribution >= 4 is 17.6 Å². The zero-order chi connectivity index (χ0) is 16.3. The maximum absolute atomic E-state index is 12.1. The van der Waals surface area contributed by atoms with E-state index in [0.717, 1.165) is 5.56 Å². The van der Waals surface area contributed by atoms with Gasteiger partial charge in [0.25, 0.3) is 0 Å². The Morgan fingerprint density at radius 1 is 1.36 bits per heavy atom. The third-order valence-corrected chi connectivity index (χ3v) is 3.56. The van der Waals surface area contributed by atoms with Gasteiger partial charge in [0.15, 0.2) is 0 Å².